The first kappa shape index (κ1) is 19.3. The number of fused-ring (bicyclic) bond motifs is 1. The molecule has 2 aromatic rings. The van der Waals surface area contributed by atoms with Crippen molar-refractivity contribution in [3.8, 4) is 0 Å². The topological polar surface area (TPSA) is 72.4 Å². The molecular formula is C21H27N3O3. The molecule has 1 saturated heterocycles. The molecule has 144 valence electrons. The van der Waals surface area contributed by atoms with Gasteiger partial charge in [0.2, 0.25) is 0 Å². The lowest BCUT2D eigenvalue weighted by Crippen LogP contribution is -2.48. The van der Waals surface area contributed by atoms with Crippen molar-refractivity contribution in [1.29, 1.82) is 0 Å². The van der Waals surface area contributed by atoms with Gasteiger partial charge in [0.1, 0.15) is 0 Å². The maximum Gasteiger partial charge on any atom is 0.338 e. The van der Waals surface area contributed by atoms with Crippen LogP contribution in [0.25, 0.3) is 11.0 Å². The Bertz CT molecular complexity index is 865. The van der Waals surface area contributed by atoms with E-state index in [0.717, 1.165) is 49.1 Å². The van der Waals surface area contributed by atoms with Crippen molar-refractivity contribution >= 4 is 22.9 Å². The van der Waals surface area contributed by atoms with Crippen molar-refractivity contribution in [1.82, 2.24) is 14.9 Å². The normalized spacial score (nSPS) is 18.4. The highest BCUT2D eigenvalue weighted by Crippen LogP contribution is 2.21. The number of carbonyl (C=O) groups excluding carboxylic acids is 2. The van der Waals surface area contributed by atoms with Crippen LogP contribution in [0.1, 0.15) is 61.3 Å². The Balaban J connectivity index is 1.73. The molecule has 1 aromatic heterocycles. The van der Waals surface area contributed by atoms with Gasteiger partial charge in [0, 0.05) is 12.6 Å². The third kappa shape index (κ3) is 4.10. The minimum Gasteiger partial charge on any atom is -0.449 e. The Hall–Kier alpha value is -2.50. The number of amides is 1. The number of carbonyl (C=O) groups is 2. The van der Waals surface area contributed by atoms with Gasteiger partial charge in [-0.05, 0) is 64.7 Å². The average Bonchev–Trinajstić information content (AvgIpc) is 2.67. The summed E-state index contributed by atoms with van der Waals surface area (Å²) in [5.74, 6) is -0.621. The lowest BCUT2D eigenvalue weighted by atomic mass is 9.99. The van der Waals surface area contributed by atoms with Crippen molar-refractivity contribution in [2.75, 3.05) is 6.54 Å². The first-order valence-corrected chi connectivity index (χ1v) is 9.67. The zero-order chi connectivity index (χ0) is 19.6. The minimum atomic E-state index is -0.800. The van der Waals surface area contributed by atoms with E-state index in [1.807, 2.05) is 18.7 Å². The van der Waals surface area contributed by atoms with Crippen LogP contribution < -0.4 is 0 Å². The highest BCUT2D eigenvalue weighted by molar-refractivity contribution is 5.95. The second kappa shape index (κ2) is 8.03. The predicted octanol–water partition coefficient (Wildman–Crippen LogP) is 3.58. The standard InChI is InChI=1S/C21H27N3O3/c1-5-17-8-6-7-11-24(17)20(25)15(4)27-21(26)16-9-10-18-19(12-16)23-14(3)13(2)22-18/h9-10,12,15,17H,5-8,11H2,1-4H3/t15-,17-/m1/s1. The predicted molar refractivity (Wildman–Crippen MR) is 104 cm³/mol. The Morgan fingerprint density at radius 3 is 2.59 bits per heavy atom. The number of piperidine rings is 1. The number of aryl methyl sites for hydroxylation is 2. The first-order valence-electron chi connectivity index (χ1n) is 9.67. The summed E-state index contributed by atoms with van der Waals surface area (Å²) in [6, 6.07) is 5.34. The van der Waals surface area contributed by atoms with Crippen LogP contribution in [0.5, 0.6) is 0 Å². The van der Waals surface area contributed by atoms with Crippen LogP contribution in [0, 0.1) is 13.8 Å². The number of aromatic nitrogens is 2. The largest absolute Gasteiger partial charge is 0.449 e. The van der Waals surface area contributed by atoms with Crippen molar-refractivity contribution in [3.63, 3.8) is 0 Å². The third-order valence-corrected chi connectivity index (χ3v) is 5.32. The maximum atomic E-state index is 12.8. The van der Waals surface area contributed by atoms with Crippen LogP contribution in [-0.2, 0) is 9.53 Å². The molecule has 0 saturated carbocycles. The molecule has 0 N–H and O–H groups in total. The first-order chi connectivity index (χ1) is 12.9. The summed E-state index contributed by atoms with van der Waals surface area (Å²) in [7, 11) is 0. The number of benzene rings is 1. The van der Waals surface area contributed by atoms with Crippen molar-refractivity contribution in [2.45, 2.75) is 65.5 Å². The summed E-state index contributed by atoms with van der Waals surface area (Å²) in [6.07, 6.45) is 3.30. The number of hydrogen-bond acceptors (Lipinski definition) is 5. The molecular weight excluding hydrogens is 342 g/mol. The molecule has 1 fully saturated rings. The molecule has 0 radical (unpaired) electrons. The summed E-state index contributed by atoms with van der Waals surface area (Å²) in [4.78, 5) is 36.1. The molecule has 0 aliphatic carbocycles. The van der Waals surface area contributed by atoms with Gasteiger partial charge in [-0.3, -0.25) is 4.79 Å². The molecule has 1 amide bonds. The number of ether oxygens (including phenoxy) is 1. The number of nitrogens with zero attached hydrogens (tertiary/aromatic N) is 3. The summed E-state index contributed by atoms with van der Waals surface area (Å²) in [5, 5.41) is 0. The number of rotatable bonds is 4. The fourth-order valence-electron chi connectivity index (χ4n) is 3.59. The Morgan fingerprint density at radius 1 is 1.19 bits per heavy atom. The summed E-state index contributed by atoms with van der Waals surface area (Å²) in [6.45, 7) is 8.27. The van der Waals surface area contributed by atoms with Gasteiger partial charge in [0.15, 0.2) is 6.10 Å². The Kier molecular flexibility index (Phi) is 5.73. The van der Waals surface area contributed by atoms with E-state index in [1.54, 1.807) is 25.1 Å². The minimum absolute atomic E-state index is 0.109. The molecule has 1 aliphatic heterocycles. The van der Waals surface area contributed by atoms with E-state index in [9.17, 15) is 9.59 Å². The second-order valence-electron chi connectivity index (χ2n) is 7.23. The van der Waals surface area contributed by atoms with Gasteiger partial charge in [-0.2, -0.15) is 0 Å². The van der Waals surface area contributed by atoms with Gasteiger partial charge in [-0.25, -0.2) is 14.8 Å². The highest BCUT2D eigenvalue weighted by Gasteiger charge is 2.30. The second-order valence-corrected chi connectivity index (χ2v) is 7.23. The lowest BCUT2D eigenvalue weighted by Gasteiger charge is -2.36. The molecule has 1 aromatic carbocycles. The van der Waals surface area contributed by atoms with Crippen LogP contribution >= 0.6 is 0 Å². The fraction of sp³-hybridized carbons (Fsp3) is 0.524. The zero-order valence-corrected chi connectivity index (χ0v) is 16.5. The van der Waals surface area contributed by atoms with E-state index in [-0.39, 0.29) is 11.9 Å². The molecule has 2 atom stereocenters. The quantitative estimate of drug-likeness (QED) is 0.770. The molecule has 3 rings (SSSR count). The monoisotopic (exact) mass is 369 g/mol. The van der Waals surface area contributed by atoms with Gasteiger partial charge in [-0.15, -0.1) is 0 Å². The van der Waals surface area contributed by atoms with E-state index in [2.05, 4.69) is 16.9 Å². The van der Waals surface area contributed by atoms with Crippen molar-refractivity contribution in [2.24, 2.45) is 0 Å². The molecule has 27 heavy (non-hydrogen) atoms. The molecule has 2 heterocycles. The SMILES string of the molecule is CC[C@@H]1CCCCN1C(=O)[C@@H](C)OC(=O)c1ccc2nc(C)c(C)nc2c1. The lowest BCUT2D eigenvalue weighted by molar-refractivity contribution is -0.143. The number of esters is 1. The van der Waals surface area contributed by atoms with Gasteiger partial charge < -0.3 is 9.64 Å². The summed E-state index contributed by atoms with van der Waals surface area (Å²) >= 11 is 0. The zero-order valence-electron chi connectivity index (χ0n) is 16.5. The van der Waals surface area contributed by atoms with Crippen LogP contribution in [0.4, 0.5) is 0 Å². The highest BCUT2D eigenvalue weighted by atomic mass is 16.5. The van der Waals surface area contributed by atoms with Crippen LogP contribution in [-0.4, -0.2) is 45.4 Å². The van der Waals surface area contributed by atoms with E-state index >= 15 is 0 Å². The fourth-order valence-corrected chi connectivity index (χ4v) is 3.59. The number of likely N-dealkylation sites (tertiary alicyclic amines) is 1. The van der Waals surface area contributed by atoms with Gasteiger partial charge in [0.05, 0.1) is 28.0 Å². The molecule has 6 heteroatoms. The summed E-state index contributed by atoms with van der Waals surface area (Å²) < 4.78 is 5.47. The summed E-state index contributed by atoms with van der Waals surface area (Å²) in [5.41, 5.74) is 3.45. The van der Waals surface area contributed by atoms with Crippen LogP contribution in [0.2, 0.25) is 0 Å². The van der Waals surface area contributed by atoms with E-state index in [0.29, 0.717) is 11.1 Å². The van der Waals surface area contributed by atoms with Crippen molar-refractivity contribution in [3.05, 3.63) is 35.2 Å². The molecule has 6 nitrogen and oxygen atoms in total. The molecule has 1 aliphatic rings. The van der Waals surface area contributed by atoms with E-state index in [4.69, 9.17) is 4.74 Å². The smallest absolute Gasteiger partial charge is 0.338 e. The molecule has 0 spiro atoms. The Morgan fingerprint density at radius 2 is 1.89 bits per heavy atom. The molecule has 0 bridgehead atoms. The van der Waals surface area contributed by atoms with Crippen molar-refractivity contribution < 1.29 is 14.3 Å². The van der Waals surface area contributed by atoms with Crippen LogP contribution in [0.15, 0.2) is 18.2 Å². The maximum absolute atomic E-state index is 12.8. The van der Waals surface area contributed by atoms with Gasteiger partial charge >= 0.3 is 5.97 Å². The van der Waals surface area contributed by atoms with Gasteiger partial charge in [-0.1, -0.05) is 6.92 Å². The molecule has 0 unspecified atom stereocenters. The van der Waals surface area contributed by atoms with Crippen LogP contribution in [0.3, 0.4) is 0 Å². The average molecular weight is 369 g/mol. The van der Waals surface area contributed by atoms with E-state index < -0.39 is 12.1 Å². The Labute approximate surface area is 159 Å². The van der Waals surface area contributed by atoms with Gasteiger partial charge in [0.25, 0.3) is 5.91 Å². The van der Waals surface area contributed by atoms with E-state index in [1.165, 1.54) is 0 Å². The third-order valence-electron chi connectivity index (χ3n) is 5.32. The number of hydrogen-bond donors (Lipinski definition) is 0.